The van der Waals surface area contributed by atoms with Gasteiger partial charge in [0.05, 0.1) is 5.56 Å². The van der Waals surface area contributed by atoms with Crippen LogP contribution in [0.5, 0.6) is 0 Å². The number of esters is 1. The van der Waals surface area contributed by atoms with E-state index in [1.165, 1.54) is 4.88 Å². The Morgan fingerprint density at radius 1 is 1.28 bits per heavy atom. The summed E-state index contributed by atoms with van der Waals surface area (Å²) in [5.41, 5.74) is 2.81. The molecule has 0 saturated heterocycles. The van der Waals surface area contributed by atoms with Gasteiger partial charge < -0.3 is 9.64 Å². The summed E-state index contributed by atoms with van der Waals surface area (Å²) in [6, 6.07) is 9.75. The van der Waals surface area contributed by atoms with Crippen LogP contribution in [-0.4, -0.2) is 30.4 Å². The van der Waals surface area contributed by atoms with Gasteiger partial charge in [-0.3, -0.25) is 4.79 Å². The van der Waals surface area contributed by atoms with Gasteiger partial charge in [-0.1, -0.05) is 37.3 Å². The Bertz CT molecular complexity index is 754. The monoisotopic (exact) mass is 357 g/mol. The third-order valence-corrected chi connectivity index (χ3v) is 5.69. The molecule has 132 valence electrons. The molecule has 2 aromatic rings. The number of thiophene rings is 1. The van der Waals surface area contributed by atoms with Gasteiger partial charge in [0, 0.05) is 23.8 Å². The van der Waals surface area contributed by atoms with Crippen LogP contribution < -0.4 is 0 Å². The standard InChI is InChI=1S/C20H23NO3S/c1-14-8-9-16-17(13-25-18(16)10-14)20(23)24-12-19(22)21(2)11-15-6-4-3-5-7-15/h3-7,13-14H,8-12H2,1-2H3. The smallest absolute Gasteiger partial charge is 0.339 e. The highest BCUT2D eigenvalue weighted by atomic mass is 32.1. The molecule has 5 heteroatoms. The van der Waals surface area contributed by atoms with Crippen LogP contribution in [0.2, 0.25) is 0 Å². The van der Waals surface area contributed by atoms with Crippen molar-refractivity contribution < 1.29 is 14.3 Å². The minimum absolute atomic E-state index is 0.199. The molecule has 0 aliphatic heterocycles. The first-order valence-corrected chi connectivity index (χ1v) is 9.46. The van der Waals surface area contributed by atoms with E-state index in [4.69, 9.17) is 4.74 Å². The Morgan fingerprint density at radius 3 is 2.80 bits per heavy atom. The van der Waals surface area contributed by atoms with Gasteiger partial charge in [0.2, 0.25) is 0 Å². The average molecular weight is 357 g/mol. The van der Waals surface area contributed by atoms with Gasteiger partial charge in [0.25, 0.3) is 5.91 Å². The molecule has 0 N–H and O–H groups in total. The molecule has 0 spiro atoms. The normalized spacial score (nSPS) is 16.2. The van der Waals surface area contributed by atoms with Gasteiger partial charge >= 0.3 is 5.97 Å². The lowest BCUT2D eigenvalue weighted by Crippen LogP contribution is -2.30. The summed E-state index contributed by atoms with van der Waals surface area (Å²) in [6.07, 6.45) is 3.06. The fraction of sp³-hybridized carbons (Fsp3) is 0.400. The highest BCUT2D eigenvalue weighted by molar-refractivity contribution is 7.10. The largest absolute Gasteiger partial charge is 0.452 e. The molecule has 1 aliphatic carbocycles. The number of carbonyl (C=O) groups excluding carboxylic acids is 2. The van der Waals surface area contributed by atoms with Crippen molar-refractivity contribution in [3.63, 3.8) is 0 Å². The van der Waals surface area contributed by atoms with Crippen LogP contribution in [0.1, 0.15) is 39.7 Å². The number of carbonyl (C=O) groups is 2. The Kier molecular flexibility index (Phi) is 5.53. The number of hydrogen-bond donors (Lipinski definition) is 0. The maximum absolute atomic E-state index is 12.4. The molecule has 1 heterocycles. The van der Waals surface area contributed by atoms with E-state index in [0.29, 0.717) is 18.0 Å². The molecule has 0 fully saturated rings. The minimum Gasteiger partial charge on any atom is -0.452 e. The second kappa shape index (κ2) is 7.83. The van der Waals surface area contributed by atoms with Crippen molar-refractivity contribution in [3.8, 4) is 0 Å². The predicted molar refractivity (Wildman–Crippen MR) is 98.7 cm³/mol. The number of hydrogen-bond acceptors (Lipinski definition) is 4. The summed E-state index contributed by atoms with van der Waals surface area (Å²) < 4.78 is 5.28. The zero-order valence-electron chi connectivity index (χ0n) is 14.7. The lowest BCUT2D eigenvalue weighted by molar-refractivity contribution is -0.133. The molecule has 1 aromatic carbocycles. The maximum atomic E-state index is 12.4. The summed E-state index contributed by atoms with van der Waals surface area (Å²) in [7, 11) is 1.72. The van der Waals surface area contributed by atoms with Crippen molar-refractivity contribution in [2.24, 2.45) is 5.92 Å². The Hall–Kier alpha value is -2.14. The third kappa shape index (κ3) is 4.28. The van der Waals surface area contributed by atoms with E-state index in [-0.39, 0.29) is 18.5 Å². The van der Waals surface area contributed by atoms with Crippen molar-refractivity contribution in [1.82, 2.24) is 4.90 Å². The first kappa shape index (κ1) is 17.7. The molecule has 1 aromatic heterocycles. The van der Waals surface area contributed by atoms with Gasteiger partial charge in [0.1, 0.15) is 0 Å². The lowest BCUT2D eigenvalue weighted by Gasteiger charge is -2.19. The molecule has 1 unspecified atom stereocenters. The number of benzene rings is 1. The van der Waals surface area contributed by atoms with Crippen molar-refractivity contribution >= 4 is 23.2 Å². The topological polar surface area (TPSA) is 46.6 Å². The van der Waals surface area contributed by atoms with E-state index >= 15 is 0 Å². The molecule has 3 rings (SSSR count). The maximum Gasteiger partial charge on any atom is 0.339 e. The predicted octanol–water partition coefficient (Wildman–Crippen LogP) is 3.69. The molecule has 0 saturated carbocycles. The molecule has 1 amide bonds. The van der Waals surface area contributed by atoms with E-state index in [9.17, 15) is 9.59 Å². The van der Waals surface area contributed by atoms with Crippen LogP contribution in [0.4, 0.5) is 0 Å². The summed E-state index contributed by atoms with van der Waals surface area (Å²) in [5.74, 6) is 0.0895. The zero-order chi connectivity index (χ0) is 17.8. The highest BCUT2D eigenvalue weighted by Crippen LogP contribution is 2.33. The second-order valence-electron chi connectivity index (χ2n) is 6.71. The van der Waals surface area contributed by atoms with Crippen molar-refractivity contribution in [2.75, 3.05) is 13.7 Å². The van der Waals surface area contributed by atoms with Crippen LogP contribution >= 0.6 is 11.3 Å². The number of ether oxygens (including phenoxy) is 1. The zero-order valence-corrected chi connectivity index (χ0v) is 15.5. The Morgan fingerprint density at radius 2 is 2.04 bits per heavy atom. The average Bonchev–Trinajstić information content (AvgIpc) is 3.03. The number of rotatable bonds is 5. The Labute approximate surface area is 152 Å². The molecule has 25 heavy (non-hydrogen) atoms. The van der Waals surface area contributed by atoms with Gasteiger partial charge in [-0.25, -0.2) is 4.79 Å². The van der Waals surface area contributed by atoms with Crippen molar-refractivity contribution in [2.45, 2.75) is 32.7 Å². The van der Waals surface area contributed by atoms with Gasteiger partial charge in [-0.2, -0.15) is 0 Å². The molecule has 1 aliphatic rings. The SMILES string of the molecule is CC1CCc2c(C(=O)OCC(=O)N(C)Cc3ccccc3)csc2C1. The Balaban J connectivity index is 1.54. The van der Waals surface area contributed by atoms with Gasteiger partial charge in [0.15, 0.2) is 6.61 Å². The number of amides is 1. The number of nitrogens with zero attached hydrogens (tertiary/aromatic N) is 1. The van der Waals surface area contributed by atoms with Crippen LogP contribution in [-0.2, 0) is 28.9 Å². The first-order valence-electron chi connectivity index (χ1n) is 8.59. The molecule has 0 radical (unpaired) electrons. The minimum atomic E-state index is -0.381. The van der Waals surface area contributed by atoms with Crippen LogP contribution in [0.3, 0.4) is 0 Å². The first-order chi connectivity index (χ1) is 12.0. The van der Waals surface area contributed by atoms with Crippen LogP contribution in [0.25, 0.3) is 0 Å². The van der Waals surface area contributed by atoms with Crippen molar-refractivity contribution in [1.29, 1.82) is 0 Å². The van der Waals surface area contributed by atoms with E-state index < -0.39 is 0 Å². The van der Waals surface area contributed by atoms with Gasteiger partial charge in [-0.15, -0.1) is 11.3 Å². The number of fused-ring (bicyclic) bond motifs is 1. The summed E-state index contributed by atoms with van der Waals surface area (Å²) in [6.45, 7) is 2.52. The summed E-state index contributed by atoms with van der Waals surface area (Å²) in [4.78, 5) is 27.4. The summed E-state index contributed by atoms with van der Waals surface area (Å²) in [5, 5.41) is 1.88. The van der Waals surface area contributed by atoms with Gasteiger partial charge in [-0.05, 0) is 36.3 Å². The molecule has 1 atom stereocenters. The van der Waals surface area contributed by atoms with Crippen molar-refractivity contribution in [3.05, 3.63) is 57.3 Å². The van der Waals surface area contributed by atoms with E-state index in [1.54, 1.807) is 23.3 Å². The molecule has 0 bridgehead atoms. The molecular formula is C20H23NO3S. The second-order valence-corrected chi connectivity index (χ2v) is 7.67. The van der Waals surface area contributed by atoms with E-state index in [2.05, 4.69) is 6.92 Å². The lowest BCUT2D eigenvalue weighted by atomic mass is 9.88. The molecular weight excluding hydrogens is 334 g/mol. The number of likely N-dealkylation sites (N-methyl/N-ethyl adjacent to an activating group) is 1. The molecule has 4 nitrogen and oxygen atoms in total. The highest BCUT2D eigenvalue weighted by Gasteiger charge is 2.24. The van der Waals surface area contributed by atoms with E-state index in [0.717, 1.165) is 30.4 Å². The van der Waals surface area contributed by atoms with E-state index in [1.807, 2.05) is 35.7 Å². The summed E-state index contributed by atoms with van der Waals surface area (Å²) >= 11 is 1.63. The quantitative estimate of drug-likeness (QED) is 0.767. The fourth-order valence-corrected chi connectivity index (χ4v) is 4.34. The fourth-order valence-electron chi connectivity index (χ4n) is 3.11. The third-order valence-electron chi connectivity index (χ3n) is 4.64. The van der Waals surface area contributed by atoms with Crippen LogP contribution in [0, 0.1) is 5.92 Å². The van der Waals surface area contributed by atoms with Crippen LogP contribution in [0.15, 0.2) is 35.7 Å².